The van der Waals surface area contributed by atoms with Gasteiger partial charge in [-0.2, -0.15) is 0 Å². The summed E-state index contributed by atoms with van der Waals surface area (Å²) in [5, 5.41) is 2.93. The number of carbonyl (C=O) groups is 2. The number of amidine groups is 1. The molecule has 1 aliphatic rings. The Bertz CT molecular complexity index is 930. The molecule has 1 heterocycles. The third kappa shape index (κ3) is 5.33. The summed E-state index contributed by atoms with van der Waals surface area (Å²) in [6.07, 6.45) is 0.0738. The molecule has 0 spiro atoms. The molecule has 1 aliphatic heterocycles. The molecule has 2 aromatic carbocycles. The predicted octanol–water partition coefficient (Wildman–Crippen LogP) is 4.07. The van der Waals surface area contributed by atoms with Crippen LogP contribution in [0, 0.1) is 0 Å². The Morgan fingerprint density at radius 3 is 2.60 bits per heavy atom. The van der Waals surface area contributed by atoms with E-state index in [1.54, 1.807) is 42.3 Å². The summed E-state index contributed by atoms with van der Waals surface area (Å²) in [6.45, 7) is 4.88. The highest BCUT2D eigenvalue weighted by molar-refractivity contribution is 8.15. The van der Waals surface area contributed by atoms with E-state index < -0.39 is 5.25 Å². The first-order valence-corrected chi connectivity index (χ1v) is 10.7. The van der Waals surface area contributed by atoms with Gasteiger partial charge in [0.2, 0.25) is 11.8 Å². The number of benzene rings is 2. The minimum absolute atomic E-state index is 0.0738. The second-order valence-corrected chi connectivity index (χ2v) is 7.66. The number of ether oxygens (including phenoxy) is 2. The highest BCUT2D eigenvalue weighted by Crippen LogP contribution is 2.32. The van der Waals surface area contributed by atoms with Crippen LogP contribution >= 0.6 is 11.8 Å². The maximum Gasteiger partial charge on any atom is 0.242 e. The Hall–Kier alpha value is -3.00. The van der Waals surface area contributed by atoms with Crippen LogP contribution in [0.1, 0.15) is 20.3 Å². The fourth-order valence-corrected chi connectivity index (χ4v) is 4.21. The Labute approximate surface area is 180 Å². The van der Waals surface area contributed by atoms with Gasteiger partial charge in [-0.05, 0) is 50.2 Å². The molecule has 0 bridgehead atoms. The highest BCUT2D eigenvalue weighted by atomic mass is 32.2. The van der Waals surface area contributed by atoms with Crippen LogP contribution in [0.2, 0.25) is 0 Å². The lowest BCUT2D eigenvalue weighted by Crippen LogP contribution is -2.33. The van der Waals surface area contributed by atoms with Gasteiger partial charge in [0.25, 0.3) is 0 Å². The summed E-state index contributed by atoms with van der Waals surface area (Å²) >= 11 is 1.31. The van der Waals surface area contributed by atoms with Crippen LogP contribution in [0.3, 0.4) is 0 Å². The van der Waals surface area contributed by atoms with E-state index in [9.17, 15) is 9.59 Å². The van der Waals surface area contributed by atoms with Crippen LogP contribution in [0.25, 0.3) is 0 Å². The molecule has 1 saturated heterocycles. The van der Waals surface area contributed by atoms with Crippen molar-refractivity contribution in [3.8, 4) is 11.5 Å². The molecule has 2 aromatic rings. The van der Waals surface area contributed by atoms with Gasteiger partial charge in [-0.1, -0.05) is 17.8 Å². The number of aliphatic imine (C=N–C) groups is 1. The van der Waals surface area contributed by atoms with Crippen LogP contribution in [0.15, 0.2) is 53.5 Å². The molecule has 3 rings (SSSR count). The van der Waals surface area contributed by atoms with E-state index in [-0.39, 0.29) is 18.2 Å². The SMILES string of the molecule is CCOc1ccc(NC(=O)CC2SC(=Nc3cccc(OC)c3)N(CC)C2=O)cc1. The zero-order valence-electron chi connectivity index (χ0n) is 17.3. The summed E-state index contributed by atoms with van der Waals surface area (Å²) < 4.78 is 10.6. The van der Waals surface area contributed by atoms with Crippen molar-refractivity contribution in [3.05, 3.63) is 48.5 Å². The fourth-order valence-electron chi connectivity index (χ4n) is 2.99. The van der Waals surface area contributed by atoms with Crippen LogP contribution in [0.5, 0.6) is 11.5 Å². The molecule has 8 heteroatoms. The molecule has 158 valence electrons. The van der Waals surface area contributed by atoms with Crippen LogP contribution < -0.4 is 14.8 Å². The first-order chi connectivity index (χ1) is 14.5. The van der Waals surface area contributed by atoms with Crippen molar-refractivity contribution in [2.24, 2.45) is 4.99 Å². The van der Waals surface area contributed by atoms with E-state index in [2.05, 4.69) is 10.3 Å². The molecule has 0 aliphatic carbocycles. The summed E-state index contributed by atoms with van der Waals surface area (Å²) in [7, 11) is 1.59. The standard InChI is InChI=1S/C22H25N3O4S/c1-4-25-21(27)19(30-22(25)24-16-7-6-8-18(13-16)28-3)14-20(26)23-15-9-11-17(12-10-15)29-5-2/h6-13,19H,4-5,14H2,1-3H3,(H,23,26). The van der Waals surface area contributed by atoms with E-state index in [0.717, 1.165) is 5.75 Å². The molecule has 1 atom stereocenters. The second kappa shape index (κ2) is 10.2. The third-order valence-electron chi connectivity index (χ3n) is 4.43. The van der Waals surface area contributed by atoms with E-state index in [0.29, 0.717) is 35.4 Å². The average Bonchev–Trinajstić information content (AvgIpc) is 3.03. The van der Waals surface area contributed by atoms with Gasteiger partial charge in [0.15, 0.2) is 5.17 Å². The number of hydrogen-bond acceptors (Lipinski definition) is 6. The summed E-state index contributed by atoms with van der Waals surface area (Å²) in [6, 6.07) is 14.5. The smallest absolute Gasteiger partial charge is 0.242 e. The Morgan fingerprint density at radius 2 is 1.93 bits per heavy atom. The van der Waals surface area contributed by atoms with Gasteiger partial charge in [0.05, 0.1) is 19.4 Å². The molecular formula is C22H25N3O4S. The molecule has 0 saturated carbocycles. The number of thioether (sulfide) groups is 1. The Kier molecular flexibility index (Phi) is 7.35. The van der Waals surface area contributed by atoms with Crippen LogP contribution in [-0.2, 0) is 9.59 Å². The van der Waals surface area contributed by atoms with Gasteiger partial charge in [-0.3, -0.25) is 14.5 Å². The molecule has 7 nitrogen and oxygen atoms in total. The van der Waals surface area contributed by atoms with Crippen molar-refractivity contribution in [1.82, 2.24) is 4.90 Å². The van der Waals surface area contributed by atoms with E-state index in [1.165, 1.54) is 11.8 Å². The number of carbonyl (C=O) groups excluding carboxylic acids is 2. The van der Waals surface area contributed by atoms with Gasteiger partial charge < -0.3 is 14.8 Å². The van der Waals surface area contributed by atoms with Crippen molar-refractivity contribution in [3.63, 3.8) is 0 Å². The third-order valence-corrected chi connectivity index (χ3v) is 5.61. The lowest BCUT2D eigenvalue weighted by atomic mass is 10.2. The molecule has 0 radical (unpaired) electrons. The molecule has 1 N–H and O–H groups in total. The van der Waals surface area contributed by atoms with E-state index in [1.807, 2.05) is 32.0 Å². The first kappa shape index (κ1) is 21.7. The maximum absolute atomic E-state index is 12.8. The van der Waals surface area contributed by atoms with Gasteiger partial charge in [-0.25, -0.2) is 4.99 Å². The summed E-state index contributed by atoms with van der Waals surface area (Å²) in [5.74, 6) is 1.11. The van der Waals surface area contributed by atoms with Gasteiger partial charge in [0, 0.05) is 24.7 Å². The minimum Gasteiger partial charge on any atom is -0.497 e. The first-order valence-electron chi connectivity index (χ1n) is 9.77. The quantitative estimate of drug-likeness (QED) is 0.687. The number of methoxy groups -OCH3 is 1. The number of nitrogens with one attached hydrogen (secondary N) is 1. The second-order valence-electron chi connectivity index (χ2n) is 6.49. The van der Waals surface area contributed by atoms with Gasteiger partial charge in [0.1, 0.15) is 16.7 Å². The van der Waals surface area contributed by atoms with Crippen molar-refractivity contribution in [2.75, 3.05) is 25.6 Å². The molecule has 2 amide bonds. The average molecular weight is 428 g/mol. The number of amides is 2. The van der Waals surface area contributed by atoms with Crippen molar-refractivity contribution >= 4 is 40.1 Å². The zero-order chi connectivity index (χ0) is 21.5. The van der Waals surface area contributed by atoms with Crippen LogP contribution in [0.4, 0.5) is 11.4 Å². The molecule has 30 heavy (non-hydrogen) atoms. The van der Waals surface area contributed by atoms with Crippen LogP contribution in [-0.4, -0.2) is 47.4 Å². The monoisotopic (exact) mass is 427 g/mol. The lowest BCUT2D eigenvalue weighted by Gasteiger charge is -2.13. The van der Waals surface area contributed by atoms with Gasteiger partial charge in [-0.15, -0.1) is 0 Å². The molecule has 0 aromatic heterocycles. The van der Waals surface area contributed by atoms with E-state index in [4.69, 9.17) is 9.47 Å². The largest absolute Gasteiger partial charge is 0.497 e. The van der Waals surface area contributed by atoms with Crippen molar-refractivity contribution in [1.29, 1.82) is 0 Å². The van der Waals surface area contributed by atoms with Crippen molar-refractivity contribution in [2.45, 2.75) is 25.5 Å². The number of anilines is 1. The number of nitrogens with zero attached hydrogens (tertiary/aromatic N) is 2. The predicted molar refractivity (Wildman–Crippen MR) is 120 cm³/mol. The summed E-state index contributed by atoms with van der Waals surface area (Å²) in [4.78, 5) is 31.5. The normalized spacial score (nSPS) is 17.3. The topological polar surface area (TPSA) is 80.2 Å². The maximum atomic E-state index is 12.8. The Morgan fingerprint density at radius 1 is 1.17 bits per heavy atom. The number of rotatable bonds is 8. The highest BCUT2D eigenvalue weighted by Gasteiger charge is 2.38. The van der Waals surface area contributed by atoms with Gasteiger partial charge >= 0.3 is 0 Å². The van der Waals surface area contributed by atoms with E-state index >= 15 is 0 Å². The fraction of sp³-hybridized carbons (Fsp3) is 0.318. The molecular weight excluding hydrogens is 402 g/mol. The summed E-state index contributed by atoms with van der Waals surface area (Å²) in [5.41, 5.74) is 1.36. The zero-order valence-corrected chi connectivity index (χ0v) is 18.1. The lowest BCUT2D eigenvalue weighted by molar-refractivity contribution is -0.128. The molecule has 1 unspecified atom stereocenters. The Balaban J connectivity index is 1.66. The molecule has 1 fully saturated rings. The number of hydrogen-bond donors (Lipinski definition) is 1. The minimum atomic E-state index is -0.503. The van der Waals surface area contributed by atoms with Crippen molar-refractivity contribution < 1.29 is 19.1 Å².